The molecular formula is C40H37NO5. The van der Waals surface area contributed by atoms with Crippen LogP contribution in [-0.2, 0) is 27.8 Å². The number of nitrogens with zero attached hydrogens (tertiary/aromatic N) is 1. The highest BCUT2D eigenvalue weighted by molar-refractivity contribution is 6.04. The van der Waals surface area contributed by atoms with Gasteiger partial charge in [-0.05, 0) is 84.4 Å². The molecule has 5 aromatic rings. The number of rotatable bonds is 12. The van der Waals surface area contributed by atoms with Crippen LogP contribution < -0.4 is 0 Å². The maximum absolute atomic E-state index is 13.5. The van der Waals surface area contributed by atoms with Gasteiger partial charge in [-0.25, -0.2) is 0 Å². The van der Waals surface area contributed by atoms with Gasteiger partial charge in [0.15, 0.2) is 11.5 Å². The molecule has 4 aromatic carbocycles. The van der Waals surface area contributed by atoms with Gasteiger partial charge in [-0.15, -0.1) is 0 Å². The van der Waals surface area contributed by atoms with E-state index in [4.69, 9.17) is 4.52 Å². The number of aliphatic hydroxyl groups is 1. The van der Waals surface area contributed by atoms with Gasteiger partial charge < -0.3 is 14.7 Å². The number of hydrogen-bond acceptors (Lipinski definition) is 5. The second-order valence-corrected chi connectivity index (χ2v) is 12.8. The third-order valence-electron chi connectivity index (χ3n) is 9.81. The van der Waals surface area contributed by atoms with Gasteiger partial charge in [-0.3, -0.25) is 9.59 Å². The molecule has 1 saturated carbocycles. The summed E-state index contributed by atoms with van der Waals surface area (Å²) in [4.78, 5) is 25.2. The Bertz CT molecular complexity index is 1890. The first-order chi connectivity index (χ1) is 22.4. The molecule has 0 saturated heterocycles. The molecule has 46 heavy (non-hydrogen) atoms. The van der Waals surface area contributed by atoms with Crippen LogP contribution in [0.4, 0.5) is 0 Å². The summed E-state index contributed by atoms with van der Waals surface area (Å²) < 4.78 is 6.01. The van der Waals surface area contributed by atoms with Gasteiger partial charge in [0.1, 0.15) is 6.42 Å². The lowest BCUT2D eigenvalue weighted by atomic mass is 9.81. The predicted molar refractivity (Wildman–Crippen MR) is 177 cm³/mol. The van der Waals surface area contributed by atoms with Crippen molar-refractivity contribution in [2.75, 3.05) is 0 Å². The van der Waals surface area contributed by atoms with Crippen LogP contribution in [0.3, 0.4) is 0 Å². The maximum Gasteiger partial charge on any atom is 0.310 e. The molecule has 1 aromatic heterocycles. The van der Waals surface area contributed by atoms with Crippen molar-refractivity contribution in [3.05, 3.63) is 136 Å². The van der Waals surface area contributed by atoms with Crippen LogP contribution in [0, 0.1) is 6.92 Å². The number of fused-ring (bicyclic) bond motifs is 3. The zero-order chi connectivity index (χ0) is 31.8. The van der Waals surface area contributed by atoms with E-state index in [9.17, 15) is 19.8 Å². The lowest BCUT2D eigenvalue weighted by Crippen LogP contribution is -2.24. The average Bonchev–Trinajstić information content (AvgIpc) is 3.71. The van der Waals surface area contributed by atoms with Crippen LogP contribution in [0.1, 0.15) is 83.2 Å². The van der Waals surface area contributed by atoms with Crippen LogP contribution in [0.25, 0.3) is 22.5 Å². The summed E-state index contributed by atoms with van der Waals surface area (Å²) in [5.74, 6) is -1.48. The largest absolute Gasteiger partial charge is 0.481 e. The molecule has 232 valence electrons. The van der Waals surface area contributed by atoms with E-state index in [1.165, 1.54) is 16.7 Å². The number of aliphatic hydroxyl groups excluding tert-OH is 1. The molecular weight excluding hydrogens is 574 g/mol. The van der Waals surface area contributed by atoms with Crippen LogP contribution in [-0.4, -0.2) is 27.1 Å². The number of carbonyl (C=O) groups excluding carboxylic acids is 1. The van der Waals surface area contributed by atoms with Gasteiger partial charge in [0.05, 0.1) is 23.3 Å². The van der Waals surface area contributed by atoms with Gasteiger partial charge in [-0.2, -0.15) is 0 Å². The fourth-order valence-corrected chi connectivity index (χ4v) is 7.58. The number of carboxylic acids is 1. The van der Waals surface area contributed by atoms with Gasteiger partial charge >= 0.3 is 5.97 Å². The number of hydrogen-bond donors (Lipinski definition) is 2. The first kappa shape index (κ1) is 29.9. The Hall–Kier alpha value is -4.81. The zero-order valence-corrected chi connectivity index (χ0v) is 25.9. The summed E-state index contributed by atoms with van der Waals surface area (Å²) in [6.07, 6.45) is 3.28. The third kappa shape index (κ3) is 5.47. The Kier molecular flexibility index (Phi) is 7.91. The minimum atomic E-state index is -1.12. The van der Waals surface area contributed by atoms with Crippen molar-refractivity contribution in [2.24, 2.45) is 0 Å². The fourth-order valence-electron chi connectivity index (χ4n) is 7.58. The summed E-state index contributed by atoms with van der Waals surface area (Å²) >= 11 is 0. The van der Waals surface area contributed by atoms with Crippen molar-refractivity contribution in [2.45, 2.75) is 69.3 Å². The normalized spacial score (nSPS) is 16.4. The molecule has 0 aliphatic heterocycles. The first-order valence-electron chi connectivity index (χ1n) is 16.1. The summed E-state index contributed by atoms with van der Waals surface area (Å²) in [6.45, 7) is 1.84. The minimum absolute atomic E-state index is 0.292. The molecule has 7 rings (SSSR count). The Balaban J connectivity index is 1.16. The molecule has 1 fully saturated rings. The van der Waals surface area contributed by atoms with E-state index in [0.29, 0.717) is 23.4 Å². The molecule has 2 atom stereocenters. The summed E-state index contributed by atoms with van der Waals surface area (Å²) in [7, 11) is 0. The lowest BCUT2D eigenvalue weighted by Gasteiger charge is -2.19. The Labute approximate surface area is 268 Å². The average molecular weight is 612 g/mol. The second kappa shape index (κ2) is 12.2. The topological polar surface area (TPSA) is 101 Å². The number of aromatic nitrogens is 1. The first-order valence-corrected chi connectivity index (χ1v) is 16.1. The molecule has 2 aliphatic carbocycles. The van der Waals surface area contributed by atoms with E-state index >= 15 is 0 Å². The molecule has 2 unspecified atom stereocenters. The monoisotopic (exact) mass is 611 g/mol. The van der Waals surface area contributed by atoms with E-state index in [2.05, 4.69) is 53.7 Å². The lowest BCUT2D eigenvalue weighted by molar-refractivity contribution is -0.140. The highest BCUT2D eigenvalue weighted by Gasteiger charge is 2.61. The SMILES string of the molecule is Cc1noc(-c2c3ccc(-c4ccccc4)c2C2(CC2)C3C(=O)CC(=O)O)c1C(O)CCCc1ccc(Cc2ccccc2)cc1. The summed E-state index contributed by atoms with van der Waals surface area (Å²) in [5, 5.41) is 25.4. The Morgan fingerprint density at radius 3 is 2.22 bits per heavy atom. The quantitative estimate of drug-likeness (QED) is 0.138. The molecule has 2 aliphatic rings. The van der Waals surface area contributed by atoms with E-state index in [1.54, 1.807) is 0 Å². The van der Waals surface area contributed by atoms with Crippen molar-refractivity contribution >= 4 is 11.8 Å². The fraction of sp³-hybridized carbons (Fsp3) is 0.275. The number of carboxylic acid groups (broad SMARTS) is 1. The predicted octanol–water partition coefficient (Wildman–Crippen LogP) is 8.14. The van der Waals surface area contributed by atoms with E-state index in [0.717, 1.165) is 59.9 Å². The number of aliphatic carboxylic acids is 1. The molecule has 0 radical (unpaired) electrons. The number of benzene rings is 4. The molecule has 6 nitrogen and oxygen atoms in total. The van der Waals surface area contributed by atoms with Crippen LogP contribution in [0.15, 0.2) is 102 Å². The summed E-state index contributed by atoms with van der Waals surface area (Å²) in [6, 6.07) is 33.2. The smallest absolute Gasteiger partial charge is 0.310 e. The van der Waals surface area contributed by atoms with Crippen molar-refractivity contribution in [1.29, 1.82) is 0 Å². The molecule has 2 bridgehead atoms. The van der Waals surface area contributed by atoms with Crippen molar-refractivity contribution in [3.8, 4) is 22.5 Å². The Morgan fingerprint density at radius 2 is 1.54 bits per heavy atom. The minimum Gasteiger partial charge on any atom is -0.481 e. The van der Waals surface area contributed by atoms with Gasteiger partial charge in [0, 0.05) is 11.0 Å². The number of aryl methyl sites for hydroxylation is 2. The highest BCUT2D eigenvalue weighted by atomic mass is 16.5. The molecule has 2 N–H and O–H groups in total. The molecule has 1 spiro atoms. The van der Waals surface area contributed by atoms with E-state index < -0.39 is 29.8 Å². The standard InChI is InChI=1S/C40H37NO5/c1-25-35(32(42)14-8-11-26-15-17-28(18-16-26)23-27-9-4-2-5-10-27)39(46-41-25)36-31-20-19-30(29-12-6-3-7-13-29)38(36)40(21-22-40)37(31)33(43)24-34(44)45/h2-7,9-10,12-13,15-20,32,37,42H,8,11,14,21-24H2,1H3,(H,44,45). The number of carbonyl (C=O) groups is 2. The highest BCUT2D eigenvalue weighted by Crippen LogP contribution is 2.68. The van der Waals surface area contributed by atoms with Gasteiger partial charge in [-0.1, -0.05) is 102 Å². The molecule has 6 heteroatoms. The molecule has 0 amide bonds. The number of Topliss-reactive ketones (excluding diaryl/α,β-unsaturated/α-hetero) is 1. The zero-order valence-electron chi connectivity index (χ0n) is 25.9. The van der Waals surface area contributed by atoms with Crippen molar-refractivity contribution in [1.82, 2.24) is 5.16 Å². The number of ketones is 1. The van der Waals surface area contributed by atoms with Gasteiger partial charge in [0.2, 0.25) is 0 Å². The van der Waals surface area contributed by atoms with Crippen LogP contribution in [0.2, 0.25) is 0 Å². The van der Waals surface area contributed by atoms with Gasteiger partial charge in [0.25, 0.3) is 0 Å². The second-order valence-electron chi connectivity index (χ2n) is 12.8. The third-order valence-corrected chi connectivity index (χ3v) is 9.81. The van der Waals surface area contributed by atoms with E-state index in [1.807, 2.05) is 55.5 Å². The van der Waals surface area contributed by atoms with Crippen molar-refractivity contribution < 1.29 is 24.3 Å². The van der Waals surface area contributed by atoms with Crippen molar-refractivity contribution in [3.63, 3.8) is 0 Å². The summed E-state index contributed by atoms with van der Waals surface area (Å²) in [5.41, 5.74) is 9.19. The van der Waals surface area contributed by atoms with Crippen LogP contribution >= 0.6 is 0 Å². The Morgan fingerprint density at radius 1 is 0.891 bits per heavy atom. The van der Waals surface area contributed by atoms with E-state index in [-0.39, 0.29) is 5.78 Å². The molecule has 1 heterocycles. The maximum atomic E-state index is 13.5. The van der Waals surface area contributed by atoms with Crippen LogP contribution in [0.5, 0.6) is 0 Å².